The number of rotatable bonds is 4. The molecule has 1 atom stereocenters. The predicted molar refractivity (Wildman–Crippen MR) is 79.9 cm³/mol. The monoisotopic (exact) mass is 305 g/mol. The Hall–Kier alpha value is -1.76. The fourth-order valence-corrected chi connectivity index (χ4v) is 3.45. The fourth-order valence-electron chi connectivity index (χ4n) is 2.76. The van der Waals surface area contributed by atoms with Crippen LogP contribution >= 0.6 is 11.3 Å². The summed E-state index contributed by atoms with van der Waals surface area (Å²) < 4.78 is 1.88. The number of amides is 1. The van der Waals surface area contributed by atoms with Crippen molar-refractivity contribution in [1.29, 1.82) is 0 Å². The average molecular weight is 305 g/mol. The molecule has 6 nitrogen and oxygen atoms in total. The summed E-state index contributed by atoms with van der Waals surface area (Å²) in [5, 5.41) is 10.7. The van der Waals surface area contributed by atoms with E-state index in [1.54, 1.807) is 23.7 Å². The molecular weight excluding hydrogens is 286 g/mol. The van der Waals surface area contributed by atoms with Crippen molar-refractivity contribution in [3.05, 3.63) is 29.0 Å². The van der Waals surface area contributed by atoms with Crippen molar-refractivity contribution in [3.8, 4) is 0 Å². The van der Waals surface area contributed by atoms with Crippen LogP contribution in [0.15, 0.2) is 24.0 Å². The Bertz CT molecular complexity index is 560. The van der Waals surface area contributed by atoms with Crippen molar-refractivity contribution in [1.82, 2.24) is 24.9 Å². The van der Waals surface area contributed by atoms with Crippen molar-refractivity contribution < 1.29 is 4.79 Å². The summed E-state index contributed by atoms with van der Waals surface area (Å²) in [4.78, 5) is 18.7. The summed E-state index contributed by atoms with van der Waals surface area (Å²) in [7, 11) is 0. The average Bonchev–Trinajstić information content (AvgIpc) is 3.20. The van der Waals surface area contributed by atoms with E-state index in [9.17, 15) is 4.79 Å². The maximum Gasteiger partial charge on any atom is 0.232 e. The maximum atomic E-state index is 12.5. The molecule has 1 unspecified atom stereocenters. The molecule has 1 fully saturated rings. The number of aromatic nitrogens is 4. The SMILES string of the molecule is CC(C(=O)N1CCC(Cn2ccnn2)CC1)c1nccs1. The molecule has 0 spiro atoms. The molecule has 1 aliphatic rings. The zero-order chi connectivity index (χ0) is 14.7. The smallest absolute Gasteiger partial charge is 0.232 e. The van der Waals surface area contributed by atoms with Gasteiger partial charge in [0.1, 0.15) is 5.01 Å². The Balaban J connectivity index is 1.52. The molecule has 2 aromatic heterocycles. The summed E-state index contributed by atoms with van der Waals surface area (Å²) in [6, 6.07) is 0. The van der Waals surface area contributed by atoms with Crippen LogP contribution < -0.4 is 0 Å². The third-order valence-corrected chi connectivity index (χ3v) is 4.99. The molecule has 0 bridgehead atoms. The van der Waals surface area contributed by atoms with Crippen molar-refractivity contribution >= 4 is 17.2 Å². The van der Waals surface area contributed by atoms with Gasteiger partial charge in [0.05, 0.1) is 12.1 Å². The molecule has 1 aliphatic heterocycles. The van der Waals surface area contributed by atoms with E-state index in [2.05, 4.69) is 15.3 Å². The minimum atomic E-state index is -0.128. The third-order valence-electron chi connectivity index (χ3n) is 4.04. The lowest BCUT2D eigenvalue weighted by molar-refractivity contribution is -0.133. The van der Waals surface area contributed by atoms with E-state index < -0.39 is 0 Å². The number of likely N-dealkylation sites (tertiary alicyclic amines) is 1. The van der Waals surface area contributed by atoms with E-state index >= 15 is 0 Å². The maximum absolute atomic E-state index is 12.5. The zero-order valence-corrected chi connectivity index (χ0v) is 12.9. The first-order valence-corrected chi connectivity index (χ1v) is 8.14. The van der Waals surface area contributed by atoms with Crippen LogP contribution in [0.1, 0.15) is 30.7 Å². The van der Waals surface area contributed by atoms with Crippen LogP contribution in [0.25, 0.3) is 0 Å². The normalized spacial score (nSPS) is 17.9. The summed E-state index contributed by atoms with van der Waals surface area (Å²) in [6.45, 7) is 4.49. The van der Waals surface area contributed by atoms with E-state index in [4.69, 9.17) is 0 Å². The molecule has 1 amide bonds. The van der Waals surface area contributed by atoms with Gasteiger partial charge >= 0.3 is 0 Å². The first-order valence-electron chi connectivity index (χ1n) is 7.26. The lowest BCUT2D eigenvalue weighted by Gasteiger charge is -2.33. The van der Waals surface area contributed by atoms with E-state index in [1.165, 1.54) is 0 Å². The first kappa shape index (κ1) is 14.2. The summed E-state index contributed by atoms with van der Waals surface area (Å²) >= 11 is 1.55. The second kappa shape index (κ2) is 6.34. The Morgan fingerprint density at radius 2 is 2.24 bits per heavy atom. The van der Waals surface area contributed by atoms with E-state index in [0.29, 0.717) is 5.92 Å². The van der Waals surface area contributed by atoms with Gasteiger partial charge in [-0.1, -0.05) is 5.21 Å². The molecular formula is C14H19N5OS. The van der Waals surface area contributed by atoms with Crippen LogP contribution in [0.5, 0.6) is 0 Å². The lowest BCUT2D eigenvalue weighted by atomic mass is 9.96. The Morgan fingerprint density at radius 1 is 1.43 bits per heavy atom. The van der Waals surface area contributed by atoms with Crippen molar-refractivity contribution in [2.75, 3.05) is 13.1 Å². The molecule has 0 aliphatic carbocycles. The first-order chi connectivity index (χ1) is 10.2. The summed E-state index contributed by atoms with van der Waals surface area (Å²) in [5.74, 6) is 0.645. The minimum absolute atomic E-state index is 0.128. The second-order valence-corrected chi connectivity index (χ2v) is 6.41. The van der Waals surface area contributed by atoms with Gasteiger partial charge in [-0.25, -0.2) is 4.98 Å². The molecule has 0 radical (unpaired) electrons. The Morgan fingerprint density at radius 3 is 2.86 bits per heavy atom. The fraction of sp³-hybridized carbons (Fsp3) is 0.571. The number of nitrogens with zero attached hydrogens (tertiary/aromatic N) is 5. The molecule has 3 rings (SSSR count). The highest BCUT2D eigenvalue weighted by Gasteiger charge is 2.28. The second-order valence-electron chi connectivity index (χ2n) is 5.49. The molecule has 112 valence electrons. The third kappa shape index (κ3) is 3.29. The molecule has 1 saturated heterocycles. The lowest BCUT2D eigenvalue weighted by Crippen LogP contribution is -2.41. The molecule has 0 N–H and O–H groups in total. The number of thiazole rings is 1. The standard InChI is InChI=1S/C14H19N5OS/c1-11(13-15-5-9-21-13)14(20)18-6-2-12(3-7-18)10-19-8-4-16-17-19/h4-5,8-9,11-12H,2-3,6-7,10H2,1H3. The van der Waals surface area contributed by atoms with Gasteiger partial charge in [0.15, 0.2) is 0 Å². The van der Waals surface area contributed by atoms with Crippen molar-refractivity contribution in [2.24, 2.45) is 5.92 Å². The number of piperidine rings is 1. The zero-order valence-electron chi connectivity index (χ0n) is 12.1. The number of carbonyl (C=O) groups is 1. The molecule has 3 heterocycles. The number of hydrogen-bond acceptors (Lipinski definition) is 5. The van der Waals surface area contributed by atoms with Gasteiger partial charge in [0.25, 0.3) is 0 Å². The molecule has 0 aromatic carbocycles. The predicted octanol–water partition coefficient (Wildman–Crippen LogP) is 1.78. The van der Waals surface area contributed by atoms with Gasteiger partial charge in [-0.05, 0) is 25.7 Å². The van der Waals surface area contributed by atoms with Gasteiger partial charge in [-0.3, -0.25) is 9.48 Å². The number of hydrogen-bond donors (Lipinski definition) is 0. The van der Waals surface area contributed by atoms with Crippen LogP contribution in [0.3, 0.4) is 0 Å². The highest BCUT2D eigenvalue weighted by molar-refractivity contribution is 7.09. The largest absolute Gasteiger partial charge is 0.342 e. The van der Waals surface area contributed by atoms with Gasteiger partial charge in [-0.15, -0.1) is 16.4 Å². The van der Waals surface area contributed by atoms with E-state index in [1.807, 2.05) is 28.1 Å². The van der Waals surface area contributed by atoms with Crippen LogP contribution in [-0.2, 0) is 11.3 Å². The van der Waals surface area contributed by atoms with Crippen LogP contribution in [-0.4, -0.2) is 43.9 Å². The molecule has 7 heteroatoms. The Labute approximate surface area is 127 Å². The number of carbonyl (C=O) groups excluding carboxylic acids is 1. The molecule has 0 saturated carbocycles. The van der Waals surface area contributed by atoms with Crippen LogP contribution in [0, 0.1) is 5.92 Å². The quantitative estimate of drug-likeness (QED) is 0.863. The van der Waals surface area contributed by atoms with Gasteiger partial charge in [0, 0.05) is 37.4 Å². The van der Waals surface area contributed by atoms with Gasteiger partial charge in [0.2, 0.25) is 5.91 Å². The highest BCUT2D eigenvalue weighted by Crippen LogP contribution is 2.24. The van der Waals surface area contributed by atoms with Gasteiger partial charge in [-0.2, -0.15) is 0 Å². The Kier molecular flexibility index (Phi) is 4.28. The topological polar surface area (TPSA) is 63.9 Å². The molecule has 21 heavy (non-hydrogen) atoms. The van der Waals surface area contributed by atoms with Crippen LogP contribution in [0.4, 0.5) is 0 Å². The highest BCUT2D eigenvalue weighted by atomic mass is 32.1. The summed E-state index contributed by atoms with van der Waals surface area (Å²) in [6.07, 6.45) is 7.40. The van der Waals surface area contributed by atoms with Crippen molar-refractivity contribution in [2.45, 2.75) is 32.2 Å². The van der Waals surface area contributed by atoms with Crippen molar-refractivity contribution in [3.63, 3.8) is 0 Å². The minimum Gasteiger partial charge on any atom is -0.342 e. The molecule has 2 aromatic rings. The van der Waals surface area contributed by atoms with E-state index in [-0.39, 0.29) is 11.8 Å². The van der Waals surface area contributed by atoms with E-state index in [0.717, 1.165) is 37.5 Å². The summed E-state index contributed by atoms with van der Waals surface area (Å²) in [5.41, 5.74) is 0. The van der Waals surface area contributed by atoms with Gasteiger partial charge < -0.3 is 4.90 Å². The van der Waals surface area contributed by atoms with Crippen LogP contribution in [0.2, 0.25) is 0 Å².